The first-order chi connectivity index (χ1) is 62.4. The van der Waals surface area contributed by atoms with Crippen molar-refractivity contribution < 1.29 is 4.42 Å². The molecule has 0 aliphatic heterocycles. The molecule has 8 heteroatoms. The molecule has 6 aromatic heterocycles. The molecule has 0 saturated heterocycles. The quantitative estimate of drug-likeness (QED) is 0.115. The zero-order valence-corrected chi connectivity index (χ0v) is 68.3. The third-order valence-electron chi connectivity index (χ3n) is 25.0. The maximum atomic E-state index is 6.27. The topological polar surface area (TPSA) is 79.5 Å². The lowest BCUT2D eigenvalue weighted by molar-refractivity contribution is 0.669. The minimum atomic E-state index is 0.709. The van der Waals surface area contributed by atoms with Crippen LogP contribution in [0.3, 0.4) is 0 Å². The van der Waals surface area contributed by atoms with E-state index in [-0.39, 0.29) is 0 Å². The van der Waals surface area contributed by atoms with E-state index in [9.17, 15) is 0 Å². The van der Waals surface area contributed by atoms with Gasteiger partial charge in [-0.25, -0.2) is 19.9 Å². The summed E-state index contributed by atoms with van der Waals surface area (Å²) < 4.78 is 13.4. The lowest BCUT2D eigenvalue weighted by Crippen LogP contribution is -1.97. The molecule has 0 radical (unpaired) electrons. The van der Waals surface area contributed by atoms with E-state index < -0.39 is 0 Å². The van der Waals surface area contributed by atoms with Gasteiger partial charge in [-0.3, -0.25) is 0 Å². The Morgan fingerprint density at radius 2 is 0.429 bits per heavy atom. The molecule has 0 spiro atoms. The highest BCUT2D eigenvalue weighted by atomic mass is 16.3. The van der Waals surface area contributed by atoms with Gasteiger partial charge >= 0.3 is 0 Å². The summed E-state index contributed by atoms with van der Waals surface area (Å²) in [7, 11) is 0. The van der Waals surface area contributed by atoms with E-state index in [1.807, 2.05) is 36.4 Å². The number of hydrogen-bond donors (Lipinski definition) is 0. The molecule has 19 aromatic carbocycles. The molecule has 0 aliphatic rings. The lowest BCUT2D eigenvalue weighted by atomic mass is 9.97. The van der Waals surface area contributed by atoms with Crippen molar-refractivity contribution in [1.29, 1.82) is 0 Å². The van der Waals surface area contributed by atoms with Gasteiger partial charge in [-0.05, 0) is 212 Å². The highest BCUT2D eigenvalue weighted by Gasteiger charge is 2.22. The molecule has 0 saturated carbocycles. The number of aromatic nitrogens is 7. The highest BCUT2D eigenvalue weighted by molar-refractivity contribution is 6.14. The molecule has 0 bridgehead atoms. The molecular formula is C118H75N7O. The fraction of sp³-hybridized carbons (Fsp3) is 0. The van der Waals surface area contributed by atoms with Crippen LogP contribution in [0.4, 0.5) is 0 Å². The van der Waals surface area contributed by atoms with Gasteiger partial charge in [-0.1, -0.05) is 309 Å². The van der Waals surface area contributed by atoms with Gasteiger partial charge in [-0.15, -0.1) is 0 Å². The smallest absolute Gasteiger partial charge is 0.160 e. The van der Waals surface area contributed by atoms with Crippen molar-refractivity contribution in [1.82, 2.24) is 33.6 Å². The predicted molar refractivity (Wildman–Crippen MR) is 524 cm³/mol. The van der Waals surface area contributed by atoms with Crippen LogP contribution < -0.4 is 0 Å². The molecular weight excluding hydrogens is 1530 g/mol. The summed E-state index contributed by atoms with van der Waals surface area (Å²) in [6.45, 7) is 0. The Morgan fingerprint density at radius 1 is 0.151 bits per heavy atom. The zero-order valence-electron chi connectivity index (χ0n) is 68.3. The van der Waals surface area contributed by atoms with Crippen LogP contribution >= 0.6 is 0 Å². The molecule has 0 fully saturated rings. The third-order valence-corrected chi connectivity index (χ3v) is 25.0. The number of fused-ring (bicyclic) bond motifs is 14. The summed E-state index contributed by atoms with van der Waals surface area (Å²) in [5, 5.41) is 11.7. The largest absolute Gasteiger partial charge is 0.456 e. The predicted octanol–water partition coefficient (Wildman–Crippen LogP) is 31.1. The summed E-state index contributed by atoms with van der Waals surface area (Å²) in [5.41, 5.74) is 34.2. The number of para-hydroxylation sites is 6. The van der Waals surface area contributed by atoms with E-state index in [1.165, 1.54) is 116 Å². The van der Waals surface area contributed by atoms with E-state index in [0.717, 1.165) is 111 Å². The maximum Gasteiger partial charge on any atom is 0.160 e. The summed E-state index contributed by atoms with van der Waals surface area (Å²) in [5.74, 6) is 1.42. The van der Waals surface area contributed by atoms with Crippen LogP contribution in [-0.4, -0.2) is 33.6 Å². The Bertz CT molecular complexity index is 8550. The fourth-order valence-corrected chi connectivity index (χ4v) is 18.8. The minimum absolute atomic E-state index is 0.709. The summed E-state index contributed by atoms with van der Waals surface area (Å²) in [4.78, 5) is 20.3. The van der Waals surface area contributed by atoms with Crippen LogP contribution in [0.25, 0.3) is 238 Å². The van der Waals surface area contributed by atoms with Crippen molar-refractivity contribution in [2.75, 3.05) is 0 Å². The molecule has 0 N–H and O–H groups in total. The average molecular weight is 1610 g/mol. The maximum absolute atomic E-state index is 6.27. The van der Waals surface area contributed by atoms with E-state index >= 15 is 0 Å². The van der Waals surface area contributed by atoms with Gasteiger partial charge < -0.3 is 18.1 Å². The number of benzene rings is 19. The molecule has 6 heterocycles. The summed E-state index contributed by atoms with van der Waals surface area (Å²) >= 11 is 0. The Balaban J connectivity index is 0.000000142. The zero-order chi connectivity index (χ0) is 83.1. The second-order valence-electron chi connectivity index (χ2n) is 32.4. The SMILES string of the molecule is c1ccc(-c2ccc3oc4ccc(-c5ccc(-c6ccc7c(c6)c6ccccc6n7-c6cccc(-c7cccc(-c8nc(-c9ccccc9)c9ccccc9n8)c7)c6)cc5)cc4c3c2)cc1.c1ccc(-c2nc(-c3ccc(-n4c5ccccc5c5cc(-c6ccc(-c7ccc8c(c7)c7ccccc7n8-c7ccccc7)cc6)ccc54)cc3)nc3ccccc23)cc1. The first kappa shape index (κ1) is 73.0. The number of nitrogens with zero attached hydrogens (tertiary/aromatic N) is 7. The first-order valence-electron chi connectivity index (χ1n) is 42.8. The van der Waals surface area contributed by atoms with E-state index in [1.54, 1.807) is 0 Å². The van der Waals surface area contributed by atoms with Crippen molar-refractivity contribution in [3.63, 3.8) is 0 Å². The molecule has 0 unspecified atom stereocenters. The normalized spacial score (nSPS) is 11.7. The number of furan rings is 1. The molecule has 8 nitrogen and oxygen atoms in total. The van der Waals surface area contributed by atoms with Gasteiger partial charge in [0, 0.05) is 93.2 Å². The second-order valence-corrected chi connectivity index (χ2v) is 32.4. The standard InChI is InChI=1S/C62H39N3O.C56H36N4/c1-3-13-40(14-4-1)47-30-33-59-54(38-47)55-39-48(31-34-60(55)66-59)42-27-25-41(26-28-42)46-29-32-58-53(37-46)51-21-8-10-24-57(51)65(58)50-20-12-18-45(36-50)44-17-11-19-49(35-44)62-63-56-23-9-7-22-52(56)61(64-62)43-15-5-2-6-16-43;1-3-13-39(14-4-1)55-47-19-7-10-20-50(47)57-56(58-55)40-27-31-44(32-28-40)60-52-22-12-9-18-46(52)49-36-42(30-34-54(49)60)38-25-23-37(24-26-38)41-29-33-53-48(35-41)45-17-8-11-21-51(45)59(53)43-15-5-2-6-16-43/h1-39H;1-36H. The third kappa shape index (κ3) is 12.9. The van der Waals surface area contributed by atoms with Crippen LogP contribution in [0.2, 0.25) is 0 Å². The lowest BCUT2D eigenvalue weighted by Gasteiger charge is -2.12. The van der Waals surface area contributed by atoms with Gasteiger partial charge in [0.2, 0.25) is 0 Å². The van der Waals surface area contributed by atoms with Crippen molar-refractivity contribution in [3.8, 4) is 129 Å². The van der Waals surface area contributed by atoms with Crippen molar-refractivity contribution in [2.24, 2.45) is 0 Å². The Morgan fingerprint density at radius 3 is 0.873 bits per heavy atom. The monoisotopic (exact) mass is 1610 g/mol. The molecule has 0 atom stereocenters. The Labute approximate surface area is 726 Å². The fourth-order valence-electron chi connectivity index (χ4n) is 18.8. The first-order valence-corrected chi connectivity index (χ1v) is 42.8. The number of hydrogen-bond acceptors (Lipinski definition) is 5. The molecule has 126 heavy (non-hydrogen) atoms. The van der Waals surface area contributed by atoms with Gasteiger partial charge in [-0.2, -0.15) is 0 Å². The van der Waals surface area contributed by atoms with Gasteiger partial charge in [0.05, 0.1) is 55.5 Å². The van der Waals surface area contributed by atoms with Crippen LogP contribution in [0.5, 0.6) is 0 Å². The highest BCUT2D eigenvalue weighted by Crippen LogP contribution is 2.44. The van der Waals surface area contributed by atoms with Crippen molar-refractivity contribution in [2.45, 2.75) is 0 Å². The Kier molecular flexibility index (Phi) is 17.8. The van der Waals surface area contributed by atoms with Crippen molar-refractivity contribution in [3.05, 3.63) is 455 Å². The van der Waals surface area contributed by atoms with Gasteiger partial charge in [0.15, 0.2) is 11.6 Å². The van der Waals surface area contributed by atoms with Gasteiger partial charge in [0.25, 0.3) is 0 Å². The molecule has 0 amide bonds. The van der Waals surface area contributed by atoms with Crippen LogP contribution in [0.1, 0.15) is 0 Å². The molecule has 0 aliphatic carbocycles. The second kappa shape index (κ2) is 30.6. The Hall–Kier alpha value is -16.9. The van der Waals surface area contributed by atoms with Crippen molar-refractivity contribution >= 4 is 109 Å². The van der Waals surface area contributed by atoms with E-state index in [0.29, 0.717) is 11.6 Å². The van der Waals surface area contributed by atoms with E-state index in [4.69, 9.17) is 24.4 Å². The number of rotatable bonds is 13. The average Bonchev–Trinajstić information content (AvgIpc) is 1.59. The molecule has 25 aromatic rings. The molecule has 588 valence electrons. The van der Waals surface area contributed by atoms with Gasteiger partial charge in [0.1, 0.15) is 11.2 Å². The summed E-state index contributed by atoms with van der Waals surface area (Å²) in [6.07, 6.45) is 0. The summed E-state index contributed by atoms with van der Waals surface area (Å²) in [6, 6.07) is 162. The van der Waals surface area contributed by atoms with E-state index in [2.05, 4.69) is 432 Å². The van der Waals surface area contributed by atoms with Crippen LogP contribution in [-0.2, 0) is 0 Å². The minimum Gasteiger partial charge on any atom is -0.456 e. The van der Waals surface area contributed by atoms with Crippen LogP contribution in [0.15, 0.2) is 459 Å². The molecule has 25 rings (SSSR count). The van der Waals surface area contributed by atoms with Crippen LogP contribution in [0, 0.1) is 0 Å².